The summed E-state index contributed by atoms with van der Waals surface area (Å²) in [5.74, 6) is 0.298. The molecular formula is C30H63N3O7S2. The largest absolute Gasteiger partial charge is 0.464 e. The van der Waals surface area contributed by atoms with Gasteiger partial charge in [-0.05, 0) is 26.7 Å². The Balaban J connectivity index is -0.00000112. The first kappa shape index (κ1) is 47.3. The van der Waals surface area contributed by atoms with Crippen LogP contribution in [0.5, 0.6) is 0 Å². The Bertz CT molecular complexity index is 683. The van der Waals surface area contributed by atoms with Crippen molar-refractivity contribution in [3.63, 3.8) is 0 Å². The van der Waals surface area contributed by atoms with Crippen LogP contribution in [-0.4, -0.2) is 116 Å². The molecule has 0 heterocycles. The van der Waals surface area contributed by atoms with Crippen molar-refractivity contribution in [3.05, 3.63) is 0 Å². The van der Waals surface area contributed by atoms with Gasteiger partial charge in [0.05, 0.1) is 19.6 Å². The van der Waals surface area contributed by atoms with Gasteiger partial charge in [-0.2, -0.15) is 0 Å². The number of nitrogens with zero attached hydrogens (tertiary/aromatic N) is 3. The van der Waals surface area contributed by atoms with Crippen molar-refractivity contribution in [2.24, 2.45) is 0 Å². The van der Waals surface area contributed by atoms with E-state index in [1.165, 1.54) is 11.8 Å². The second-order valence-corrected chi connectivity index (χ2v) is 12.2. The minimum atomic E-state index is -0.460. The van der Waals surface area contributed by atoms with E-state index in [2.05, 4.69) is 13.8 Å². The Morgan fingerprint density at radius 2 is 1.21 bits per heavy atom. The van der Waals surface area contributed by atoms with Gasteiger partial charge in [-0.1, -0.05) is 70.1 Å². The SMILES string of the molecule is CC.CC.CC.CCCOCCC(=O)N(C)CCN(C)C(=O)CCC(C)(C)SSCCOC(=O)N(C)CCOC(C)=O. The van der Waals surface area contributed by atoms with Crippen LogP contribution in [0.25, 0.3) is 0 Å². The number of hydrogen-bond donors (Lipinski definition) is 0. The third-order valence-electron chi connectivity index (χ3n) is 5.09. The monoisotopic (exact) mass is 641 g/mol. The minimum absolute atomic E-state index is 0.0147. The van der Waals surface area contributed by atoms with Crippen LogP contribution >= 0.6 is 21.6 Å². The van der Waals surface area contributed by atoms with Crippen LogP contribution in [0.4, 0.5) is 4.79 Å². The van der Waals surface area contributed by atoms with Gasteiger partial charge in [0.2, 0.25) is 11.8 Å². The van der Waals surface area contributed by atoms with Crippen LogP contribution in [0.3, 0.4) is 0 Å². The first-order chi connectivity index (χ1) is 19.9. The normalized spacial score (nSPS) is 9.93. The van der Waals surface area contributed by atoms with Crippen molar-refractivity contribution in [2.45, 2.75) is 99.7 Å². The molecule has 0 atom stereocenters. The summed E-state index contributed by atoms with van der Waals surface area (Å²) in [5, 5.41) is 0. The number of amides is 3. The highest BCUT2D eigenvalue weighted by Crippen LogP contribution is 2.38. The highest BCUT2D eigenvalue weighted by molar-refractivity contribution is 8.77. The summed E-state index contributed by atoms with van der Waals surface area (Å²) in [6, 6.07) is 0. The van der Waals surface area contributed by atoms with Gasteiger partial charge in [-0.15, -0.1) is 0 Å². The van der Waals surface area contributed by atoms with Crippen LogP contribution in [0.15, 0.2) is 0 Å². The van der Waals surface area contributed by atoms with Crippen molar-refractivity contribution in [2.75, 3.05) is 73.0 Å². The lowest BCUT2D eigenvalue weighted by Crippen LogP contribution is -2.38. The molecule has 12 heteroatoms. The van der Waals surface area contributed by atoms with Crippen molar-refractivity contribution < 1.29 is 33.4 Å². The molecule has 0 rings (SSSR count). The average Bonchev–Trinajstić information content (AvgIpc) is 2.99. The standard InChI is InChI=1S/C24H45N3O7S2.3C2H6/c1-8-15-32-16-10-22(30)26(6)13-12-25(5)21(29)9-11-24(3,4)36-35-19-18-34-23(31)27(7)14-17-33-20(2)28;3*1-2/h8-19H2,1-7H3;3*1-2H3. The first-order valence-corrected chi connectivity index (χ1v) is 17.6. The quantitative estimate of drug-likeness (QED) is 0.0904. The Kier molecular flexibility index (Phi) is 36.3. The lowest BCUT2D eigenvalue weighted by molar-refractivity contribution is -0.141. The third-order valence-corrected chi connectivity index (χ3v) is 8.41. The minimum Gasteiger partial charge on any atom is -0.464 e. The molecule has 0 aromatic rings. The van der Waals surface area contributed by atoms with E-state index < -0.39 is 6.09 Å². The predicted octanol–water partition coefficient (Wildman–Crippen LogP) is 6.37. The Hall–Kier alpha value is -1.66. The Labute approximate surface area is 265 Å². The smallest absolute Gasteiger partial charge is 0.409 e. The van der Waals surface area contributed by atoms with Crippen LogP contribution in [-0.2, 0) is 28.6 Å². The average molecular weight is 642 g/mol. The zero-order valence-corrected chi connectivity index (χ0v) is 30.6. The molecule has 0 fully saturated rings. The van der Waals surface area contributed by atoms with Crippen LogP contribution < -0.4 is 0 Å². The zero-order chi connectivity index (χ0) is 33.6. The number of likely N-dealkylation sites (N-methyl/N-ethyl adjacent to an activating group) is 3. The van der Waals surface area contributed by atoms with Gasteiger partial charge in [0, 0.05) is 64.7 Å². The van der Waals surface area contributed by atoms with Crippen LogP contribution in [0.2, 0.25) is 0 Å². The number of ether oxygens (including phenoxy) is 3. The molecule has 0 aliphatic carbocycles. The van der Waals surface area contributed by atoms with E-state index in [1.54, 1.807) is 52.5 Å². The van der Waals surface area contributed by atoms with Gasteiger partial charge in [0.25, 0.3) is 0 Å². The van der Waals surface area contributed by atoms with Crippen molar-refractivity contribution in [1.29, 1.82) is 0 Å². The summed E-state index contributed by atoms with van der Waals surface area (Å²) < 4.78 is 15.3. The van der Waals surface area contributed by atoms with Gasteiger partial charge in [0.1, 0.15) is 13.2 Å². The van der Waals surface area contributed by atoms with Crippen molar-refractivity contribution in [1.82, 2.24) is 14.7 Å². The molecule has 0 bridgehead atoms. The maximum atomic E-state index is 12.5. The molecule has 0 aromatic carbocycles. The van der Waals surface area contributed by atoms with Crippen LogP contribution in [0, 0.1) is 0 Å². The van der Waals surface area contributed by atoms with Crippen LogP contribution in [0.1, 0.15) is 94.9 Å². The lowest BCUT2D eigenvalue weighted by atomic mass is 10.1. The highest BCUT2D eigenvalue weighted by atomic mass is 33.1. The summed E-state index contributed by atoms with van der Waals surface area (Å²) >= 11 is 0. The molecule has 0 aliphatic heterocycles. The fraction of sp³-hybridized carbons (Fsp3) is 0.867. The predicted molar refractivity (Wildman–Crippen MR) is 179 cm³/mol. The molecule has 0 N–H and O–H groups in total. The molecule has 0 saturated carbocycles. The molecule has 3 amide bonds. The van der Waals surface area contributed by atoms with Crippen molar-refractivity contribution >= 4 is 45.5 Å². The fourth-order valence-corrected chi connectivity index (χ4v) is 5.08. The topological polar surface area (TPSA) is 106 Å². The molecule has 0 aliphatic rings. The number of carbonyl (C=O) groups excluding carboxylic acids is 4. The number of rotatable bonds is 19. The van der Waals surface area contributed by atoms with Gasteiger partial charge < -0.3 is 28.9 Å². The number of esters is 1. The second-order valence-electron chi connectivity index (χ2n) is 9.03. The van der Waals surface area contributed by atoms with E-state index in [0.717, 1.165) is 6.42 Å². The summed E-state index contributed by atoms with van der Waals surface area (Å²) in [4.78, 5) is 52.0. The van der Waals surface area contributed by atoms with E-state index in [-0.39, 0.29) is 42.3 Å². The molecule has 0 spiro atoms. The van der Waals surface area contributed by atoms with Gasteiger partial charge in [-0.3, -0.25) is 14.4 Å². The number of hydrogen-bond acceptors (Lipinski definition) is 9. The Morgan fingerprint density at radius 3 is 1.71 bits per heavy atom. The van der Waals surface area contributed by atoms with Crippen molar-refractivity contribution in [3.8, 4) is 0 Å². The molecule has 0 saturated heterocycles. The second kappa shape index (κ2) is 32.3. The van der Waals surface area contributed by atoms with Gasteiger partial charge in [-0.25, -0.2) is 4.79 Å². The summed E-state index contributed by atoms with van der Waals surface area (Å²) in [6.07, 6.45) is 1.94. The van der Waals surface area contributed by atoms with E-state index >= 15 is 0 Å². The Morgan fingerprint density at radius 1 is 0.690 bits per heavy atom. The third kappa shape index (κ3) is 29.8. The molecule has 0 aromatic heterocycles. The van der Waals surface area contributed by atoms with E-state index in [1.807, 2.05) is 48.5 Å². The lowest BCUT2D eigenvalue weighted by Gasteiger charge is -2.26. The first-order valence-electron chi connectivity index (χ1n) is 15.3. The summed E-state index contributed by atoms with van der Waals surface area (Å²) in [7, 11) is 8.35. The molecule has 0 radical (unpaired) electrons. The molecule has 252 valence electrons. The fourth-order valence-electron chi connectivity index (χ4n) is 2.68. The van der Waals surface area contributed by atoms with E-state index in [9.17, 15) is 19.2 Å². The molecule has 42 heavy (non-hydrogen) atoms. The summed E-state index contributed by atoms with van der Waals surface area (Å²) in [6.45, 7) is 22.2. The zero-order valence-electron chi connectivity index (χ0n) is 29.0. The summed E-state index contributed by atoms with van der Waals surface area (Å²) in [5.41, 5.74) is 0. The molecular weight excluding hydrogens is 578 g/mol. The van der Waals surface area contributed by atoms with Gasteiger partial charge >= 0.3 is 12.1 Å². The van der Waals surface area contributed by atoms with E-state index in [4.69, 9.17) is 14.2 Å². The number of carbonyl (C=O) groups is 4. The molecule has 0 unspecified atom stereocenters. The van der Waals surface area contributed by atoms with E-state index in [0.29, 0.717) is 51.3 Å². The maximum Gasteiger partial charge on any atom is 0.409 e. The van der Waals surface area contributed by atoms with Gasteiger partial charge in [0.15, 0.2) is 0 Å². The maximum absolute atomic E-state index is 12.5. The highest BCUT2D eigenvalue weighted by Gasteiger charge is 2.22. The molecule has 10 nitrogen and oxygen atoms in total.